The number of benzene rings is 2. The first-order chi connectivity index (χ1) is 15.2. The first kappa shape index (κ1) is 22.4. The molecule has 3 N–H and O–H groups in total. The highest BCUT2D eigenvalue weighted by Gasteiger charge is 2.34. The monoisotopic (exact) mass is 458 g/mol. The van der Waals surface area contributed by atoms with Crippen molar-refractivity contribution in [2.75, 3.05) is 20.1 Å². The van der Waals surface area contributed by atoms with Gasteiger partial charge in [0.05, 0.1) is 11.7 Å². The Morgan fingerprint density at radius 1 is 1.28 bits per heavy atom. The maximum Gasteiger partial charge on any atom is 0.202 e. The van der Waals surface area contributed by atoms with E-state index in [9.17, 15) is 25.0 Å². The van der Waals surface area contributed by atoms with Gasteiger partial charge in [-0.2, -0.15) is 0 Å². The highest BCUT2D eigenvalue weighted by Crippen LogP contribution is 2.43. The van der Waals surface area contributed by atoms with Crippen LogP contribution in [-0.4, -0.2) is 46.5 Å². The number of aromatic hydroxyl groups is 1. The van der Waals surface area contributed by atoms with Crippen molar-refractivity contribution in [2.45, 2.75) is 31.5 Å². The summed E-state index contributed by atoms with van der Waals surface area (Å²) >= 11 is 5.91. The fourth-order valence-corrected chi connectivity index (χ4v) is 4.59. The van der Waals surface area contributed by atoms with Gasteiger partial charge in [-0.3, -0.25) is 4.79 Å². The number of β-amino-alcohol motifs (C(OH)–C–C–N with tert-alkyl or cyclic N) is 1. The van der Waals surface area contributed by atoms with Gasteiger partial charge in [0, 0.05) is 29.1 Å². The third-order valence-corrected chi connectivity index (χ3v) is 6.35. The second kappa shape index (κ2) is 8.63. The molecule has 0 spiro atoms. The minimum atomic E-state index is -1.31. The number of likely N-dealkylation sites (tertiary alicyclic amines) is 1. The summed E-state index contributed by atoms with van der Waals surface area (Å²) < 4.78 is 5.95. The summed E-state index contributed by atoms with van der Waals surface area (Å²) in [5.41, 5.74) is -0.0107. The first-order valence-electron chi connectivity index (χ1n) is 10.2. The highest BCUT2D eigenvalue weighted by molar-refractivity contribution is 6.30. The molecule has 2 heterocycles. The Labute approximate surface area is 188 Å². The van der Waals surface area contributed by atoms with E-state index < -0.39 is 29.3 Å². The average Bonchev–Trinajstić information content (AvgIpc) is 2.74. The molecule has 1 aliphatic heterocycles. The van der Waals surface area contributed by atoms with Gasteiger partial charge in [0.25, 0.3) is 0 Å². The van der Waals surface area contributed by atoms with Crippen LogP contribution in [0.15, 0.2) is 44.7 Å². The number of aliphatic hydroxyl groups excluding tert-OH is 2. The number of phenols is 1. The Bertz CT molecular complexity index is 1240. The van der Waals surface area contributed by atoms with Crippen molar-refractivity contribution in [3.63, 3.8) is 0 Å². The fourth-order valence-electron chi connectivity index (χ4n) is 4.46. The standard InChI is InChI=1S/C23H23ClN2O6/c1-11-18(21(29)12-3-5-13(24)6-4-12)22(30)20-16(27)9-15(25-31)19(23(20)32-11)14-7-8-26(2)10-17(14)28/h3-6,9,14,17,21,27-29H,7-8,10H2,1-2H3. The zero-order chi connectivity index (χ0) is 23.2. The summed E-state index contributed by atoms with van der Waals surface area (Å²) in [7, 11) is 1.88. The molecule has 168 valence electrons. The molecule has 9 heteroatoms. The average molecular weight is 459 g/mol. The third kappa shape index (κ3) is 3.80. The molecule has 32 heavy (non-hydrogen) atoms. The van der Waals surface area contributed by atoms with Crippen LogP contribution in [0.25, 0.3) is 11.0 Å². The minimum Gasteiger partial charge on any atom is -0.507 e. The van der Waals surface area contributed by atoms with Crippen molar-refractivity contribution in [3.8, 4) is 5.75 Å². The van der Waals surface area contributed by atoms with Crippen molar-refractivity contribution in [2.24, 2.45) is 5.18 Å². The normalized spacial score (nSPS) is 20.4. The van der Waals surface area contributed by atoms with Gasteiger partial charge in [-0.1, -0.05) is 23.7 Å². The van der Waals surface area contributed by atoms with Gasteiger partial charge in [-0.15, -0.1) is 4.91 Å². The van der Waals surface area contributed by atoms with Gasteiger partial charge in [0.1, 0.15) is 34.3 Å². The second-order valence-corrected chi connectivity index (χ2v) is 8.64. The molecule has 2 aromatic carbocycles. The largest absolute Gasteiger partial charge is 0.507 e. The zero-order valence-corrected chi connectivity index (χ0v) is 18.3. The van der Waals surface area contributed by atoms with Crippen LogP contribution >= 0.6 is 11.6 Å². The summed E-state index contributed by atoms with van der Waals surface area (Å²) in [5.74, 6) is -0.841. The number of rotatable bonds is 4. The van der Waals surface area contributed by atoms with Crippen LogP contribution in [0.4, 0.5) is 5.69 Å². The molecular formula is C23H23ClN2O6. The van der Waals surface area contributed by atoms with Crippen molar-refractivity contribution in [1.82, 2.24) is 4.90 Å². The maximum absolute atomic E-state index is 13.4. The van der Waals surface area contributed by atoms with Gasteiger partial charge < -0.3 is 24.6 Å². The van der Waals surface area contributed by atoms with E-state index in [1.54, 1.807) is 24.3 Å². The fraction of sp³-hybridized carbons (Fsp3) is 0.348. The molecule has 0 bridgehead atoms. The molecule has 3 aromatic rings. The molecule has 1 fully saturated rings. The Kier molecular flexibility index (Phi) is 6.05. The van der Waals surface area contributed by atoms with E-state index >= 15 is 0 Å². The molecule has 0 amide bonds. The molecule has 1 aromatic heterocycles. The van der Waals surface area contributed by atoms with E-state index in [1.807, 2.05) is 11.9 Å². The van der Waals surface area contributed by atoms with E-state index in [4.69, 9.17) is 16.0 Å². The number of nitrogens with zero attached hydrogens (tertiary/aromatic N) is 2. The van der Waals surface area contributed by atoms with E-state index in [1.165, 1.54) is 6.92 Å². The summed E-state index contributed by atoms with van der Waals surface area (Å²) in [5, 5.41) is 35.5. The summed E-state index contributed by atoms with van der Waals surface area (Å²) in [6.07, 6.45) is -1.61. The molecular weight excluding hydrogens is 436 g/mol. The SMILES string of the molecule is Cc1oc2c(C3CCN(C)CC3O)c(N=O)cc(O)c2c(=O)c1C(O)c1ccc(Cl)cc1. The lowest BCUT2D eigenvalue weighted by molar-refractivity contribution is 0.0640. The van der Waals surface area contributed by atoms with E-state index in [0.29, 0.717) is 35.7 Å². The van der Waals surface area contributed by atoms with E-state index in [2.05, 4.69) is 5.18 Å². The molecule has 1 aliphatic rings. The Balaban J connectivity index is 1.95. The van der Waals surface area contributed by atoms with Crippen LogP contribution < -0.4 is 5.43 Å². The molecule has 4 rings (SSSR count). The lowest BCUT2D eigenvalue weighted by Crippen LogP contribution is -2.40. The molecule has 0 aliphatic carbocycles. The van der Waals surface area contributed by atoms with Gasteiger partial charge >= 0.3 is 0 Å². The third-order valence-electron chi connectivity index (χ3n) is 6.10. The van der Waals surface area contributed by atoms with Gasteiger partial charge in [-0.05, 0) is 49.8 Å². The number of aryl methyl sites for hydroxylation is 1. The van der Waals surface area contributed by atoms with Crippen LogP contribution in [-0.2, 0) is 0 Å². The number of phenolic OH excluding ortho intramolecular Hbond substituents is 1. The molecule has 3 unspecified atom stereocenters. The second-order valence-electron chi connectivity index (χ2n) is 8.20. The number of hydrogen-bond acceptors (Lipinski definition) is 8. The van der Waals surface area contributed by atoms with Gasteiger partial charge in [0.2, 0.25) is 5.43 Å². The molecule has 3 atom stereocenters. The molecule has 0 radical (unpaired) electrons. The Hall–Kier alpha value is -2.78. The van der Waals surface area contributed by atoms with Crippen LogP contribution in [0.3, 0.4) is 0 Å². The topological polar surface area (TPSA) is 124 Å². The van der Waals surface area contributed by atoms with Crippen LogP contribution in [0, 0.1) is 11.8 Å². The number of nitroso groups, excluding NO2 is 1. The predicted octanol–water partition coefficient (Wildman–Crippen LogP) is 3.72. The highest BCUT2D eigenvalue weighted by atomic mass is 35.5. The Morgan fingerprint density at radius 3 is 2.59 bits per heavy atom. The maximum atomic E-state index is 13.4. The van der Waals surface area contributed by atoms with E-state index in [0.717, 1.165) is 6.07 Å². The summed E-state index contributed by atoms with van der Waals surface area (Å²) in [6, 6.07) is 7.49. The number of halogens is 1. The number of fused-ring (bicyclic) bond motifs is 1. The molecule has 8 nitrogen and oxygen atoms in total. The lowest BCUT2D eigenvalue weighted by atomic mass is 9.84. The van der Waals surface area contributed by atoms with Gasteiger partial charge in [0.15, 0.2) is 0 Å². The van der Waals surface area contributed by atoms with Crippen LogP contribution in [0.2, 0.25) is 5.02 Å². The zero-order valence-electron chi connectivity index (χ0n) is 17.6. The smallest absolute Gasteiger partial charge is 0.202 e. The summed E-state index contributed by atoms with van der Waals surface area (Å²) in [6.45, 7) is 2.57. The number of piperidine rings is 1. The summed E-state index contributed by atoms with van der Waals surface area (Å²) in [4.78, 5) is 27.0. The van der Waals surface area contributed by atoms with E-state index in [-0.39, 0.29) is 28.0 Å². The molecule has 0 saturated carbocycles. The van der Waals surface area contributed by atoms with Crippen molar-refractivity contribution in [1.29, 1.82) is 0 Å². The number of likely N-dealkylation sites (N-methyl/N-ethyl adjacent to an activating group) is 1. The lowest BCUT2D eigenvalue weighted by Gasteiger charge is -2.34. The number of hydrogen-bond donors (Lipinski definition) is 3. The quantitative estimate of drug-likeness (QED) is 0.509. The minimum absolute atomic E-state index is 0.00255. The Morgan fingerprint density at radius 2 is 1.97 bits per heavy atom. The predicted molar refractivity (Wildman–Crippen MR) is 121 cm³/mol. The van der Waals surface area contributed by atoms with Crippen molar-refractivity contribution in [3.05, 3.63) is 72.9 Å². The first-order valence-corrected chi connectivity index (χ1v) is 10.6. The van der Waals surface area contributed by atoms with Crippen molar-refractivity contribution < 1.29 is 19.7 Å². The van der Waals surface area contributed by atoms with Crippen LogP contribution in [0.1, 0.15) is 40.9 Å². The van der Waals surface area contributed by atoms with Crippen LogP contribution in [0.5, 0.6) is 5.75 Å². The number of aliphatic hydroxyl groups is 2. The molecule has 1 saturated heterocycles. The van der Waals surface area contributed by atoms with Crippen molar-refractivity contribution >= 4 is 28.3 Å². The van der Waals surface area contributed by atoms with Gasteiger partial charge in [-0.25, -0.2) is 0 Å².